The Morgan fingerprint density at radius 2 is 1.89 bits per heavy atom. The highest BCUT2D eigenvalue weighted by Gasteiger charge is 2.25. The molecule has 0 bridgehead atoms. The van der Waals surface area contributed by atoms with E-state index in [-0.39, 0.29) is 23.4 Å². The van der Waals surface area contributed by atoms with Gasteiger partial charge in [-0.25, -0.2) is 0 Å². The van der Waals surface area contributed by atoms with Crippen LogP contribution in [0.1, 0.15) is 48.7 Å². The average molecular weight is 488 g/mol. The zero-order chi connectivity index (χ0) is 25.5. The van der Waals surface area contributed by atoms with Gasteiger partial charge >= 0.3 is 0 Å². The molecule has 7 nitrogen and oxygen atoms in total. The molecule has 4 rings (SSSR count). The number of aryl methyl sites for hydroxylation is 1. The van der Waals surface area contributed by atoms with E-state index in [0.717, 1.165) is 24.9 Å². The van der Waals surface area contributed by atoms with Gasteiger partial charge in [0.1, 0.15) is 23.0 Å². The zero-order valence-corrected chi connectivity index (χ0v) is 21.1. The van der Waals surface area contributed by atoms with Crippen LogP contribution in [0.4, 0.5) is 0 Å². The summed E-state index contributed by atoms with van der Waals surface area (Å²) >= 11 is 0. The number of methoxy groups -OCH3 is 2. The Morgan fingerprint density at radius 3 is 2.61 bits per heavy atom. The maximum atomic E-state index is 14.0. The maximum absolute atomic E-state index is 14.0. The standard InChI is InChI=1S/C29H33N3O4/c1-4-5-15-26-30-28(33)23(18-22-16-17-31(20-22)19-21-11-7-6-8-12-21)29(34)32(26)27-24(35-2)13-9-10-14-25(27)36-3/h6-13,16-17,20,33H,4-5,14-15,18-19H2,1-3H3. The van der Waals surface area contributed by atoms with Gasteiger partial charge in [-0.1, -0.05) is 55.8 Å². The third-order valence-corrected chi connectivity index (χ3v) is 6.25. The van der Waals surface area contributed by atoms with Gasteiger partial charge in [0.05, 0.1) is 19.8 Å². The molecule has 0 aliphatic heterocycles. The Kier molecular flexibility index (Phi) is 8.10. The smallest absolute Gasteiger partial charge is 0.265 e. The zero-order valence-electron chi connectivity index (χ0n) is 21.1. The molecular formula is C29H33N3O4. The molecule has 1 aromatic carbocycles. The molecule has 0 atom stereocenters. The summed E-state index contributed by atoms with van der Waals surface area (Å²) in [5.74, 6) is 1.36. The van der Waals surface area contributed by atoms with Crippen molar-refractivity contribution < 1.29 is 14.6 Å². The quantitative estimate of drug-likeness (QED) is 0.434. The van der Waals surface area contributed by atoms with Crippen LogP contribution in [0.3, 0.4) is 0 Å². The lowest BCUT2D eigenvalue weighted by molar-refractivity contribution is 0.272. The number of hydrogen-bond acceptors (Lipinski definition) is 5. The molecule has 0 unspecified atom stereocenters. The minimum absolute atomic E-state index is 0.229. The van der Waals surface area contributed by atoms with Crippen molar-refractivity contribution in [3.05, 3.63) is 111 Å². The lowest BCUT2D eigenvalue weighted by atomic mass is 10.1. The van der Waals surface area contributed by atoms with E-state index in [1.54, 1.807) is 18.8 Å². The number of nitrogens with zero attached hydrogens (tertiary/aromatic N) is 3. The van der Waals surface area contributed by atoms with Crippen molar-refractivity contribution >= 4 is 5.70 Å². The molecule has 188 valence electrons. The molecule has 0 radical (unpaired) electrons. The summed E-state index contributed by atoms with van der Waals surface area (Å²) in [6.07, 6.45) is 12.7. The Bertz CT molecular complexity index is 1350. The van der Waals surface area contributed by atoms with Crippen molar-refractivity contribution in [1.29, 1.82) is 0 Å². The van der Waals surface area contributed by atoms with Crippen LogP contribution in [0, 0.1) is 0 Å². The molecule has 1 N–H and O–H groups in total. The summed E-state index contributed by atoms with van der Waals surface area (Å²) in [4.78, 5) is 18.5. The molecule has 2 aromatic heterocycles. The average Bonchev–Trinajstić information content (AvgIpc) is 3.22. The summed E-state index contributed by atoms with van der Waals surface area (Å²) in [6, 6.07) is 12.1. The molecule has 3 aromatic rings. The van der Waals surface area contributed by atoms with Crippen molar-refractivity contribution in [1.82, 2.24) is 14.1 Å². The third-order valence-electron chi connectivity index (χ3n) is 6.25. The molecule has 1 aliphatic carbocycles. The second kappa shape index (κ2) is 11.6. The highest BCUT2D eigenvalue weighted by molar-refractivity contribution is 5.67. The molecule has 0 amide bonds. The third kappa shape index (κ3) is 5.46. The highest BCUT2D eigenvalue weighted by Crippen LogP contribution is 2.28. The number of aromatic nitrogens is 3. The first-order chi connectivity index (χ1) is 17.5. The summed E-state index contributed by atoms with van der Waals surface area (Å²) in [7, 11) is 3.15. The van der Waals surface area contributed by atoms with E-state index in [1.165, 1.54) is 5.56 Å². The van der Waals surface area contributed by atoms with E-state index in [9.17, 15) is 9.90 Å². The first kappa shape index (κ1) is 25.1. The number of allylic oxidation sites excluding steroid dienone is 4. The van der Waals surface area contributed by atoms with E-state index in [2.05, 4.69) is 28.6 Å². The van der Waals surface area contributed by atoms with Gasteiger partial charge in [0.15, 0.2) is 0 Å². The molecule has 1 aliphatic rings. The second-order valence-corrected chi connectivity index (χ2v) is 8.77. The van der Waals surface area contributed by atoms with Gasteiger partial charge < -0.3 is 19.1 Å². The topological polar surface area (TPSA) is 78.5 Å². The van der Waals surface area contributed by atoms with Crippen LogP contribution in [-0.2, 0) is 28.9 Å². The van der Waals surface area contributed by atoms with Crippen LogP contribution in [0.5, 0.6) is 5.88 Å². The number of hydrogen-bond donors (Lipinski definition) is 1. The molecule has 36 heavy (non-hydrogen) atoms. The highest BCUT2D eigenvalue weighted by atomic mass is 16.5. The Labute approximate surface area is 211 Å². The minimum Gasteiger partial charge on any atom is -0.498 e. The Balaban J connectivity index is 1.77. The Hall–Kier alpha value is -4.00. The van der Waals surface area contributed by atoms with Crippen LogP contribution in [-0.4, -0.2) is 33.4 Å². The minimum atomic E-state index is -0.321. The second-order valence-electron chi connectivity index (χ2n) is 8.77. The number of ether oxygens (including phenoxy) is 2. The van der Waals surface area contributed by atoms with Gasteiger partial charge in [0.25, 0.3) is 5.56 Å². The predicted octanol–water partition coefficient (Wildman–Crippen LogP) is 5.04. The van der Waals surface area contributed by atoms with Crippen molar-refractivity contribution in [2.24, 2.45) is 0 Å². The van der Waals surface area contributed by atoms with Crippen LogP contribution in [0.25, 0.3) is 5.70 Å². The summed E-state index contributed by atoms with van der Waals surface area (Å²) in [6.45, 7) is 2.80. The molecule has 0 fully saturated rings. The fraction of sp³-hybridized carbons (Fsp3) is 0.310. The van der Waals surface area contributed by atoms with Crippen molar-refractivity contribution in [2.45, 2.75) is 45.6 Å². The van der Waals surface area contributed by atoms with Crippen molar-refractivity contribution in [2.75, 3.05) is 14.2 Å². The van der Waals surface area contributed by atoms with Gasteiger partial charge in [-0.2, -0.15) is 4.98 Å². The molecule has 0 spiro atoms. The van der Waals surface area contributed by atoms with E-state index >= 15 is 0 Å². The molecular weight excluding hydrogens is 454 g/mol. The molecule has 7 heteroatoms. The maximum Gasteiger partial charge on any atom is 0.265 e. The summed E-state index contributed by atoms with van der Waals surface area (Å²) in [5.41, 5.74) is 2.55. The monoisotopic (exact) mass is 487 g/mol. The Morgan fingerprint density at radius 1 is 1.08 bits per heavy atom. The lowest BCUT2D eigenvalue weighted by Gasteiger charge is -2.21. The SMILES string of the molecule is CCCCc1nc(O)c(Cc2ccn(Cc3ccccc3)c2)c(=O)n1C1=C(OC)CC=CC=C1OC. The fourth-order valence-corrected chi connectivity index (χ4v) is 4.39. The van der Waals surface area contributed by atoms with E-state index in [1.807, 2.05) is 54.9 Å². The first-order valence-electron chi connectivity index (χ1n) is 12.3. The molecule has 0 saturated heterocycles. The van der Waals surface area contributed by atoms with E-state index in [4.69, 9.17) is 9.47 Å². The molecule has 0 saturated carbocycles. The van der Waals surface area contributed by atoms with Gasteiger partial charge in [-0.15, -0.1) is 0 Å². The van der Waals surface area contributed by atoms with Crippen molar-refractivity contribution in [3.8, 4) is 5.88 Å². The van der Waals surface area contributed by atoms with Gasteiger partial charge in [0.2, 0.25) is 5.88 Å². The van der Waals surface area contributed by atoms with Crippen molar-refractivity contribution in [3.63, 3.8) is 0 Å². The van der Waals surface area contributed by atoms with E-state index < -0.39 is 0 Å². The van der Waals surface area contributed by atoms with E-state index in [0.29, 0.717) is 35.9 Å². The van der Waals surface area contributed by atoms with Gasteiger partial charge in [-0.3, -0.25) is 9.36 Å². The van der Waals surface area contributed by atoms with Crippen LogP contribution >= 0.6 is 0 Å². The lowest BCUT2D eigenvalue weighted by Crippen LogP contribution is -2.30. The normalized spacial score (nSPS) is 13.5. The van der Waals surface area contributed by atoms with Gasteiger partial charge in [-0.05, 0) is 29.7 Å². The fourth-order valence-electron chi connectivity index (χ4n) is 4.39. The van der Waals surface area contributed by atoms with Gasteiger partial charge in [0, 0.05) is 38.2 Å². The van der Waals surface area contributed by atoms with Crippen LogP contribution in [0.15, 0.2) is 83.3 Å². The first-order valence-corrected chi connectivity index (χ1v) is 12.3. The predicted molar refractivity (Wildman–Crippen MR) is 141 cm³/mol. The largest absolute Gasteiger partial charge is 0.498 e. The molecule has 2 heterocycles. The van der Waals surface area contributed by atoms with Crippen LogP contribution in [0.2, 0.25) is 0 Å². The number of aromatic hydroxyl groups is 1. The number of unbranched alkanes of at least 4 members (excludes halogenated alkanes) is 1. The summed E-state index contributed by atoms with van der Waals surface area (Å²) < 4.78 is 15.0. The summed E-state index contributed by atoms with van der Waals surface area (Å²) in [5, 5.41) is 10.9. The number of rotatable bonds is 10. The van der Waals surface area contributed by atoms with Crippen LogP contribution < -0.4 is 5.56 Å². The number of benzene rings is 1.